The van der Waals surface area contributed by atoms with Crippen molar-refractivity contribution in [3.8, 4) is 11.3 Å². The molecule has 0 fully saturated rings. The summed E-state index contributed by atoms with van der Waals surface area (Å²) in [5.41, 5.74) is 8.22. The van der Waals surface area contributed by atoms with Gasteiger partial charge in [-0.3, -0.25) is 9.59 Å². The number of anilines is 2. The van der Waals surface area contributed by atoms with E-state index in [-0.39, 0.29) is 21.7 Å². The fourth-order valence-electron chi connectivity index (χ4n) is 2.90. The number of nitrogen functional groups attached to an aromatic ring is 1. The minimum Gasteiger partial charge on any atom is -0.382 e. The second-order valence-corrected chi connectivity index (χ2v) is 7.42. The van der Waals surface area contributed by atoms with Gasteiger partial charge in [0, 0.05) is 41.2 Å². The van der Waals surface area contributed by atoms with E-state index in [0.29, 0.717) is 29.1 Å². The van der Waals surface area contributed by atoms with Gasteiger partial charge in [-0.25, -0.2) is 9.97 Å². The van der Waals surface area contributed by atoms with Gasteiger partial charge < -0.3 is 20.9 Å². The van der Waals surface area contributed by atoms with Gasteiger partial charge in [0.1, 0.15) is 0 Å². The van der Waals surface area contributed by atoms with Crippen LogP contribution in [0.1, 0.15) is 25.1 Å². The Kier molecular flexibility index (Phi) is 6.94. The molecule has 1 aromatic heterocycles. The molecule has 31 heavy (non-hydrogen) atoms. The van der Waals surface area contributed by atoms with Crippen molar-refractivity contribution < 1.29 is 13.9 Å². The molecule has 0 unspecified atom stereocenters. The van der Waals surface area contributed by atoms with Crippen LogP contribution in [0.2, 0.25) is 0 Å². The predicted molar refractivity (Wildman–Crippen MR) is 128 cm³/mol. The zero-order valence-electron chi connectivity index (χ0n) is 17.9. The van der Waals surface area contributed by atoms with Crippen molar-refractivity contribution in [2.24, 2.45) is 0 Å². The van der Waals surface area contributed by atoms with Crippen LogP contribution in [-0.4, -0.2) is 65.8 Å². The molecule has 0 radical (unpaired) electrons. The van der Waals surface area contributed by atoms with E-state index < -0.39 is 5.91 Å². The Morgan fingerprint density at radius 1 is 1.03 bits per heavy atom. The van der Waals surface area contributed by atoms with Crippen LogP contribution in [0.15, 0.2) is 60.8 Å². The number of aromatic nitrogens is 2. The number of nitrogens with zero attached hydrogens (tertiary/aromatic N) is 4. The number of carbonyl (C=O) groups excluding carboxylic acids is 2. The minimum absolute atomic E-state index is 0. The molecule has 2 amide bonds. The van der Waals surface area contributed by atoms with Gasteiger partial charge in [-0.05, 0) is 38.4 Å². The number of benzene rings is 2. The molecule has 3 aromatic rings. The first kappa shape index (κ1) is 21.9. The number of carbonyl (C=O) groups is 2. The lowest BCUT2D eigenvalue weighted by Gasteiger charge is -2.20. The average molecular weight is 425 g/mol. The molecule has 0 bridgehead atoms. The Balaban J connectivity index is 0.00000363. The summed E-state index contributed by atoms with van der Waals surface area (Å²) in [4.78, 5) is 37.6. The van der Waals surface area contributed by atoms with Gasteiger partial charge >= 0.3 is 0 Å². The Morgan fingerprint density at radius 2 is 1.77 bits per heavy atom. The second kappa shape index (κ2) is 9.82. The third-order valence-corrected chi connectivity index (χ3v) is 4.68. The Morgan fingerprint density at radius 3 is 2.48 bits per heavy atom. The van der Waals surface area contributed by atoms with Crippen molar-refractivity contribution in [3.05, 3.63) is 72.1 Å². The standard InChI is InChI=1S/C23H26N6O2.3H2/c1-28(2)12-13-29(3)23(31)17-9-7-8-16(14-17)19-15-25-21(24)20(27-19)22(30)26-18-10-5-4-6-11-18;;;/h4-11,14-15H,12-13H2,1-3H3,(H2,24,25)(H,26,30);3*1H. The molecule has 0 atom stereocenters. The molecule has 0 saturated heterocycles. The van der Waals surface area contributed by atoms with Crippen molar-refractivity contribution in [1.29, 1.82) is 0 Å². The van der Waals surface area contributed by atoms with Crippen LogP contribution in [0, 0.1) is 0 Å². The fraction of sp³-hybridized carbons (Fsp3) is 0.217. The first-order valence-electron chi connectivity index (χ1n) is 9.84. The minimum atomic E-state index is -0.450. The van der Waals surface area contributed by atoms with Crippen molar-refractivity contribution in [3.63, 3.8) is 0 Å². The number of para-hydroxylation sites is 1. The highest BCUT2D eigenvalue weighted by molar-refractivity contribution is 6.06. The van der Waals surface area contributed by atoms with E-state index in [1.165, 1.54) is 6.20 Å². The lowest BCUT2D eigenvalue weighted by Crippen LogP contribution is -2.33. The third kappa shape index (κ3) is 5.64. The Hall–Kier alpha value is -3.78. The number of hydrogen-bond acceptors (Lipinski definition) is 6. The van der Waals surface area contributed by atoms with E-state index in [4.69, 9.17) is 5.73 Å². The second-order valence-electron chi connectivity index (χ2n) is 7.42. The molecule has 3 rings (SSSR count). The molecule has 2 aromatic carbocycles. The molecule has 0 aliphatic carbocycles. The molecule has 0 spiro atoms. The smallest absolute Gasteiger partial charge is 0.278 e. The average Bonchev–Trinajstić information content (AvgIpc) is 2.78. The summed E-state index contributed by atoms with van der Waals surface area (Å²) in [5, 5.41) is 2.76. The van der Waals surface area contributed by atoms with Crippen LogP contribution in [0.25, 0.3) is 11.3 Å². The van der Waals surface area contributed by atoms with Gasteiger partial charge in [-0.15, -0.1) is 0 Å². The summed E-state index contributed by atoms with van der Waals surface area (Å²) in [6.45, 7) is 1.38. The largest absolute Gasteiger partial charge is 0.382 e. The molecule has 166 valence electrons. The molecule has 0 aliphatic rings. The van der Waals surface area contributed by atoms with Gasteiger partial charge in [0.05, 0.1) is 11.9 Å². The lowest BCUT2D eigenvalue weighted by atomic mass is 10.1. The highest BCUT2D eigenvalue weighted by Crippen LogP contribution is 2.21. The quantitative estimate of drug-likeness (QED) is 0.603. The summed E-state index contributed by atoms with van der Waals surface area (Å²) in [5.74, 6) is -0.504. The zero-order valence-corrected chi connectivity index (χ0v) is 17.9. The van der Waals surface area contributed by atoms with Crippen molar-refractivity contribution in [1.82, 2.24) is 19.8 Å². The van der Waals surface area contributed by atoms with Gasteiger partial charge in [0.25, 0.3) is 11.8 Å². The zero-order chi connectivity index (χ0) is 22.4. The number of amides is 2. The topological polar surface area (TPSA) is 104 Å². The molecule has 0 saturated carbocycles. The fourth-order valence-corrected chi connectivity index (χ4v) is 2.90. The number of nitrogens with one attached hydrogen (secondary N) is 1. The molecule has 8 heteroatoms. The number of rotatable bonds is 7. The van der Waals surface area contributed by atoms with Crippen LogP contribution >= 0.6 is 0 Å². The van der Waals surface area contributed by atoms with Gasteiger partial charge in [0.2, 0.25) is 0 Å². The maximum Gasteiger partial charge on any atom is 0.278 e. The van der Waals surface area contributed by atoms with E-state index in [9.17, 15) is 9.59 Å². The van der Waals surface area contributed by atoms with E-state index in [2.05, 4.69) is 15.3 Å². The summed E-state index contributed by atoms with van der Waals surface area (Å²) in [7, 11) is 5.70. The third-order valence-electron chi connectivity index (χ3n) is 4.68. The summed E-state index contributed by atoms with van der Waals surface area (Å²) < 4.78 is 0. The monoisotopic (exact) mass is 424 g/mol. The van der Waals surface area contributed by atoms with Crippen LogP contribution in [0.5, 0.6) is 0 Å². The SMILES string of the molecule is CN(C)CCN(C)C(=O)c1cccc(-c2cnc(N)c(C(=O)Nc3ccccc3)n2)c1.[HH].[HH].[HH]. The van der Waals surface area contributed by atoms with Gasteiger partial charge in [-0.2, -0.15) is 0 Å². The number of hydrogen-bond donors (Lipinski definition) is 2. The lowest BCUT2D eigenvalue weighted by molar-refractivity contribution is 0.0786. The van der Waals surface area contributed by atoms with E-state index in [1.807, 2.05) is 43.3 Å². The van der Waals surface area contributed by atoms with Gasteiger partial charge in [0.15, 0.2) is 11.5 Å². The molecule has 1 heterocycles. The van der Waals surface area contributed by atoms with E-state index in [0.717, 1.165) is 6.54 Å². The van der Waals surface area contributed by atoms with Crippen LogP contribution < -0.4 is 11.1 Å². The highest BCUT2D eigenvalue weighted by atomic mass is 16.2. The first-order chi connectivity index (χ1) is 14.8. The number of likely N-dealkylation sites (N-methyl/N-ethyl adjacent to an activating group) is 2. The Bertz CT molecular complexity index is 1080. The van der Waals surface area contributed by atoms with Crippen molar-refractivity contribution >= 4 is 23.3 Å². The molecule has 0 aliphatic heterocycles. The predicted octanol–water partition coefficient (Wildman–Crippen LogP) is 3.35. The van der Waals surface area contributed by atoms with Crippen LogP contribution in [-0.2, 0) is 0 Å². The molecular weight excluding hydrogens is 392 g/mol. The Labute approximate surface area is 186 Å². The highest BCUT2D eigenvalue weighted by Gasteiger charge is 2.17. The summed E-state index contributed by atoms with van der Waals surface area (Å²) >= 11 is 0. The van der Waals surface area contributed by atoms with Crippen LogP contribution in [0.4, 0.5) is 11.5 Å². The van der Waals surface area contributed by atoms with E-state index in [1.54, 1.807) is 42.3 Å². The summed E-state index contributed by atoms with van der Waals surface area (Å²) in [6.07, 6.45) is 1.49. The van der Waals surface area contributed by atoms with Crippen LogP contribution in [0.3, 0.4) is 0 Å². The van der Waals surface area contributed by atoms with Gasteiger partial charge in [-0.1, -0.05) is 30.3 Å². The molecule has 8 nitrogen and oxygen atoms in total. The molecular formula is C23H32N6O2. The van der Waals surface area contributed by atoms with Crippen molar-refractivity contribution in [2.45, 2.75) is 0 Å². The van der Waals surface area contributed by atoms with Crippen molar-refractivity contribution in [2.75, 3.05) is 45.3 Å². The maximum atomic E-state index is 12.8. The number of nitrogens with two attached hydrogens (primary N) is 1. The first-order valence-corrected chi connectivity index (χ1v) is 9.84. The maximum absolute atomic E-state index is 12.8. The molecule has 3 N–H and O–H groups in total. The normalized spacial score (nSPS) is 10.7. The summed E-state index contributed by atoms with van der Waals surface area (Å²) in [6, 6.07) is 16.1. The van der Waals surface area contributed by atoms with E-state index >= 15 is 0 Å².